The highest BCUT2D eigenvalue weighted by atomic mass is 32.1. The van der Waals surface area contributed by atoms with Gasteiger partial charge in [-0.15, -0.1) is 11.3 Å². The zero-order valence-corrected chi connectivity index (χ0v) is 17.3. The summed E-state index contributed by atoms with van der Waals surface area (Å²) in [5.41, 5.74) is 1.20. The molecule has 0 aliphatic carbocycles. The van der Waals surface area contributed by atoms with Gasteiger partial charge in [-0.1, -0.05) is 30.3 Å². The number of thiophene rings is 1. The van der Waals surface area contributed by atoms with Crippen LogP contribution in [0.5, 0.6) is 0 Å². The fraction of sp³-hybridized carbons (Fsp3) is 0.227. The lowest BCUT2D eigenvalue weighted by Gasteiger charge is -2.37. The standard InChI is InChI=1S/C22H18N6O2S/c23-14-22(16-4-2-1-3-5-16)7-9-27(10-8-22)20(30)15-12-24-28(13-15)21-25-17-6-11-31-18(17)19(29)26-21/h1-6,11-13H,7-10H2,(H,25,26,29). The Morgan fingerprint density at radius 3 is 2.71 bits per heavy atom. The summed E-state index contributed by atoms with van der Waals surface area (Å²) in [6.45, 7) is 0.977. The highest BCUT2D eigenvalue weighted by Gasteiger charge is 2.38. The van der Waals surface area contributed by atoms with Crippen molar-refractivity contribution >= 4 is 27.5 Å². The second-order valence-corrected chi connectivity index (χ2v) is 8.47. The first-order valence-corrected chi connectivity index (χ1v) is 10.8. The molecule has 0 atom stereocenters. The summed E-state index contributed by atoms with van der Waals surface area (Å²) in [5.74, 6) is 0.117. The summed E-state index contributed by atoms with van der Waals surface area (Å²) in [6.07, 6.45) is 4.21. The number of fused-ring (bicyclic) bond motifs is 1. The molecule has 4 aromatic rings. The van der Waals surface area contributed by atoms with Gasteiger partial charge in [0.2, 0.25) is 5.95 Å². The quantitative estimate of drug-likeness (QED) is 0.538. The number of aromatic nitrogens is 4. The van der Waals surface area contributed by atoms with E-state index in [1.165, 1.54) is 22.2 Å². The first kappa shape index (κ1) is 19.2. The summed E-state index contributed by atoms with van der Waals surface area (Å²) in [6, 6.07) is 14.0. The molecule has 5 rings (SSSR count). The van der Waals surface area contributed by atoms with Crippen molar-refractivity contribution in [2.45, 2.75) is 18.3 Å². The minimum atomic E-state index is -0.568. The van der Waals surface area contributed by atoms with E-state index in [0.717, 1.165) is 5.56 Å². The van der Waals surface area contributed by atoms with E-state index in [2.05, 4.69) is 21.1 Å². The average molecular weight is 430 g/mol. The molecule has 0 unspecified atom stereocenters. The van der Waals surface area contributed by atoms with E-state index in [4.69, 9.17) is 0 Å². The molecule has 0 spiro atoms. The Morgan fingerprint density at radius 1 is 1.19 bits per heavy atom. The van der Waals surface area contributed by atoms with Crippen LogP contribution in [-0.4, -0.2) is 43.6 Å². The molecule has 0 saturated carbocycles. The second-order valence-electron chi connectivity index (χ2n) is 7.55. The van der Waals surface area contributed by atoms with Gasteiger partial charge in [-0.3, -0.25) is 14.6 Å². The number of nitrogens with zero attached hydrogens (tertiary/aromatic N) is 5. The number of nitriles is 1. The van der Waals surface area contributed by atoms with Crippen molar-refractivity contribution in [1.82, 2.24) is 24.6 Å². The minimum Gasteiger partial charge on any atom is -0.338 e. The van der Waals surface area contributed by atoms with Crippen molar-refractivity contribution in [3.63, 3.8) is 0 Å². The van der Waals surface area contributed by atoms with Crippen molar-refractivity contribution in [2.24, 2.45) is 0 Å². The number of rotatable bonds is 3. The van der Waals surface area contributed by atoms with Gasteiger partial charge in [0.25, 0.3) is 11.5 Å². The van der Waals surface area contributed by atoms with Crippen LogP contribution in [0.3, 0.4) is 0 Å². The highest BCUT2D eigenvalue weighted by molar-refractivity contribution is 7.17. The van der Waals surface area contributed by atoms with E-state index in [9.17, 15) is 14.9 Å². The van der Waals surface area contributed by atoms with Gasteiger partial charge in [-0.2, -0.15) is 10.4 Å². The molecule has 3 aromatic heterocycles. The van der Waals surface area contributed by atoms with Crippen LogP contribution in [0.15, 0.2) is 59.0 Å². The molecule has 0 radical (unpaired) electrons. The van der Waals surface area contributed by atoms with E-state index >= 15 is 0 Å². The first-order valence-electron chi connectivity index (χ1n) is 9.88. The predicted molar refractivity (Wildman–Crippen MR) is 116 cm³/mol. The van der Waals surface area contributed by atoms with Crippen LogP contribution in [0.2, 0.25) is 0 Å². The highest BCUT2D eigenvalue weighted by Crippen LogP contribution is 2.35. The summed E-state index contributed by atoms with van der Waals surface area (Å²) >= 11 is 1.33. The van der Waals surface area contributed by atoms with E-state index < -0.39 is 5.41 Å². The number of nitrogens with one attached hydrogen (secondary N) is 1. The molecule has 8 nitrogen and oxygen atoms in total. The summed E-state index contributed by atoms with van der Waals surface area (Å²) < 4.78 is 1.96. The summed E-state index contributed by atoms with van der Waals surface area (Å²) in [4.78, 5) is 34.1. The largest absolute Gasteiger partial charge is 0.338 e. The van der Waals surface area contributed by atoms with Crippen LogP contribution in [0, 0.1) is 11.3 Å². The monoisotopic (exact) mass is 430 g/mol. The number of carbonyl (C=O) groups is 1. The number of carbonyl (C=O) groups excluding carboxylic acids is 1. The smallest absolute Gasteiger partial charge is 0.270 e. The molecule has 0 bridgehead atoms. The molecule has 1 N–H and O–H groups in total. The van der Waals surface area contributed by atoms with Crippen LogP contribution in [0.1, 0.15) is 28.8 Å². The minimum absolute atomic E-state index is 0.148. The first-order chi connectivity index (χ1) is 15.1. The van der Waals surface area contributed by atoms with E-state index in [1.807, 2.05) is 35.7 Å². The van der Waals surface area contributed by atoms with Gasteiger partial charge in [0, 0.05) is 19.3 Å². The van der Waals surface area contributed by atoms with Crippen LogP contribution >= 0.6 is 11.3 Å². The van der Waals surface area contributed by atoms with Gasteiger partial charge in [-0.05, 0) is 29.9 Å². The summed E-state index contributed by atoms with van der Waals surface area (Å²) in [5, 5.41) is 15.9. The van der Waals surface area contributed by atoms with Crippen LogP contribution in [0.4, 0.5) is 0 Å². The van der Waals surface area contributed by atoms with E-state index in [1.54, 1.807) is 17.2 Å². The van der Waals surface area contributed by atoms with Gasteiger partial charge < -0.3 is 4.90 Å². The molecule has 1 saturated heterocycles. The lowest BCUT2D eigenvalue weighted by Crippen LogP contribution is -2.44. The van der Waals surface area contributed by atoms with Gasteiger partial charge in [0.15, 0.2) is 0 Å². The number of hydrogen-bond donors (Lipinski definition) is 1. The maximum Gasteiger partial charge on any atom is 0.270 e. The Balaban J connectivity index is 1.34. The molecular weight excluding hydrogens is 412 g/mol. The topological polar surface area (TPSA) is 108 Å². The second kappa shape index (κ2) is 7.49. The third-order valence-electron chi connectivity index (χ3n) is 5.79. The molecule has 9 heteroatoms. The third-order valence-corrected chi connectivity index (χ3v) is 6.70. The third kappa shape index (κ3) is 3.31. The number of H-pyrrole nitrogens is 1. The van der Waals surface area contributed by atoms with Gasteiger partial charge in [0.05, 0.1) is 28.8 Å². The SMILES string of the molecule is N#CC1(c2ccccc2)CCN(C(=O)c2cnn(-c3nc4ccsc4c(=O)[nH]3)c2)CC1. The number of amides is 1. The molecular formula is C22H18N6O2S. The van der Waals surface area contributed by atoms with Gasteiger partial charge >= 0.3 is 0 Å². The number of aromatic amines is 1. The summed E-state index contributed by atoms with van der Waals surface area (Å²) in [7, 11) is 0. The maximum atomic E-state index is 13.0. The Labute approximate surface area is 181 Å². The Hall–Kier alpha value is -3.77. The maximum absolute atomic E-state index is 13.0. The van der Waals surface area contributed by atoms with Crippen LogP contribution < -0.4 is 5.56 Å². The molecule has 1 fully saturated rings. The van der Waals surface area contributed by atoms with Crippen molar-refractivity contribution in [1.29, 1.82) is 5.26 Å². The Kier molecular flexibility index (Phi) is 4.64. The van der Waals surface area contributed by atoms with Crippen LogP contribution in [0.25, 0.3) is 16.2 Å². The molecule has 1 aliphatic rings. The lowest BCUT2D eigenvalue weighted by atomic mass is 9.74. The number of benzene rings is 1. The zero-order valence-electron chi connectivity index (χ0n) is 16.5. The fourth-order valence-electron chi connectivity index (χ4n) is 4.01. The number of hydrogen-bond acceptors (Lipinski definition) is 6. The molecule has 1 aliphatic heterocycles. The normalized spacial score (nSPS) is 15.6. The fourth-order valence-corrected chi connectivity index (χ4v) is 4.74. The molecule has 31 heavy (non-hydrogen) atoms. The number of likely N-dealkylation sites (tertiary alicyclic amines) is 1. The van der Waals surface area contributed by atoms with Gasteiger partial charge in [-0.25, -0.2) is 9.67 Å². The molecule has 4 heterocycles. The lowest BCUT2D eigenvalue weighted by molar-refractivity contribution is 0.0692. The Bertz CT molecular complexity index is 1360. The molecule has 154 valence electrons. The van der Waals surface area contributed by atoms with Crippen LogP contribution in [-0.2, 0) is 5.41 Å². The van der Waals surface area contributed by atoms with Crippen molar-refractivity contribution in [2.75, 3.05) is 13.1 Å². The van der Waals surface area contributed by atoms with E-state index in [-0.39, 0.29) is 17.4 Å². The van der Waals surface area contributed by atoms with Crippen molar-refractivity contribution in [3.05, 3.63) is 75.7 Å². The number of piperidine rings is 1. The van der Waals surface area contributed by atoms with Crippen molar-refractivity contribution in [3.8, 4) is 12.0 Å². The van der Waals surface area contributed by atoms with Crippen molar-refractivity contribution < 1.29 is 4.79 Å². The zero-order chi connectivity index (χ0) is 21.4. The molecule has 1 aromatic carbocycles. The Morgan fingerprint density at radius 2 is 1.97 bits per heavy atom. The molecule has 1 amide bonds. The van der Waals surface area contributed by atoms with E-state index in [0.29, 0.717) is 41.7 Å². The van der Waals surface area contributed by atoms with Gasteiger partial charge in [0.1, 0.15) is 4.70 Å². The average Bonchev–Trinajstić information content (AvgIpc) is 3.49. The predicted octanol–water partition coefficient (Wildman–Crippen LogP) is 2.87.